The fourth-order valence-corrected chi connectivity index (χ4v) is 1.34. The van der Waals surface area contributed by atoms with Crippen LogP contribution in [0.4, 0.5) is 5.82 Å². The van der Waals surface area contributed by atoms with Crippen LogP contribution in [-0.4, -0.2) is 18.1 Å². The molecule has 2 heterocycles. The maximum Gasteiger partial charge on any atom is 0.142 e. The maximum absolute atomic E-state index is 8.65. The molecule has 0 aromatic carbocycles. The van der Waals surface area contributed by atoms with Crippen molar-refractivity contribution in [2.75, 3.05) is 18.4 Å². The maximum atomic E-state index is 8.65. The minimum atomic E-state index is 0.466. The van der Waals surface area contributed by atoms with E-state index in [1.807, 2.05) is 12.1 Å². The Labute approximate surface area is 76.6 Å². The van der Waals surface area contributed by atoms with E-state index in [4.69, 9.17) is 5.26 Å². The molecule has 0 spiro atoms. The van der Waals surface area contributed by atoms with Crippen LogP contribution in [-0.2, 0) is 6.54 Å². The minimum Gasteiger partial charge on any atom is -0.368 e. The average Bonchev–Trinajstić information content (AvgIpc) is 2.41. The smallest absolute Gasteiger partial charge is 0.142 e. The highest BCUT2D eigenvalue weighted by Gasteiger charge is 2.07. The molecule has 4 heteroatoms. The van der Waals surface area contributed by atoms with Gasteiger partial charge in [-0.05, 0) is 6.07 Å². The van der Waals surface area contributed by atoms with Crippen molar-refractivity contribution >= 4 is 5.82 Å². The molecular weight excluding hydrogens is 164 g/mol. The molecule has 0 saturated heterocycles. The molecule has 4 nitrogen and oxygen atoms in total. The van der Waals surface area contributed by atoms with Crippen molar-refractivity contribution in [3.63, 3.8) is 0 Å². The second-order valence-electron chi connectivity index (χ2n) is 2.92. The molecule has 1 aliphatic rings. The lowest BCUT2D eigenvalue weighted by Gasteiger charge is -2.04. The summed E-state index contributed by atoms with van der Waals surface area (Å²) in [5.74, 6) is 0.837. The zero-order chi connectivity index (χ0) is 9.10. The van der Waals surface area contributed by atoms with Gasteiger partial charge in [0.1, 0.15) is 17.6 Å². The first-order valence-electron chi connectivity index (χ1n) is 4.25. The third-order valence-corrected chi connectivity index (χ3v) is 2.00. The second kappa shape index (κ2) is 3.42. The third-order valence-electron chi connectivity index (χ3n) is 2.00. The van der Waals surface area contributed by atoms with Crippen molar-refractivity contribution in [2.24, 2.45) is 0 Å². The molecule has 0 bridgehead atoms. The molecule has 2 N–H and O–H groups in total. The van der Waals surface area contributed by atoms with Crippen LogP contribution >= 0.6 is 0 Å². The molecule has 13 heavy (non-hydrogen) atoms. The van der Waals surface area contributed by atoms with Crippen molar-refractivity contribution in [3.05, 3.63) is 23.4 Å². The molecule has 66 valence electrons. The molecule has 0 atom stereocenters. The minimum absolute atomic E-state index is 0.466. The summed E-state index contributed by atoms with van der Waals surface area (Å²) >= 11 is 0. The topological polar surface area (TPSA) is 60.7 Å². The highest BCUT2D eigenvalue weighted by Crippen LogP contribution is 2.14. The van der Waals surface area contributed by atoms with E-state index >= 15 is 0 Å². The van der Waals surface area contributed by atoms with Crippen molar-refractivity contribution < 1.29 is 0 Å². The van der Waals surface area contributed by atoms with E-state index in [1.165, 1.54) is 0 Å². The van der Waals surface area contributed by atoms with Gasteiger partial charge in [-0.15, -0.1) is 0 Å². The second-order valence-corrected chi connectivity index (χ2v) is 2.92. The number of anilines is 1. The number of aromatic nitrogens is 1. The predicted molar refractivity (Wildman–Crippen MR) is 49.1 cm³/mol. The number of nitrogens with zero attached hydrogens (tertiary/aromatic N) is 2. The number of rotatable bonds is 0. The number of nitriles is 1. The van der Waals surface area contributed by atoms with Crippen LogP contribution in [0.3, 0.4) is 0 Å². The molecule has 0 saturated carbocycles. The molecule has 1 aromatic heterocycles. The van der Waals surface area contributed by atoms with Crippen LogP contribution < -0.4 is 10.6 Å². The van der Waals surface area contributed by atoms with Crippen molar-refractivity contribution in [1.29, 1.82) is 5.26 Å². The van der Waals surface area contributed by atoms with Gasteiger partial charge in [0.15, 0.2) is 0 Å². The van der Waals surface area contributed by atoms with E-state index in [0.29, 0.717) is 5.69 Å². The SMILES string of the molecule is N#Cc1ccc2c(n1)NCCNC2. The number of pyridine rings is 1. The van der Waals surface area contributed by atoms with Gasteiger partial charge >= 0.3 is 0 Å². The summed E-state index contributed by atoms with van der Waals surface area (Å²) in [6.07, 6.45) is 0. The first-order chi connectivity index (χ1) is 6.40. The molecular formula is C9H10N4. The Morgan fingerprint density at radius 2 is 2.31 bits per heavy atom. The summed E-state index contributed by atoms with van der Waals surface area (Å²) in [7, 11) is 0. The van der Waals surface area contributed by atoms with Crippen molar-refractivity contribution in [1.82, 2.24) is 10.3 Å². The Kier molecular flexibility index (Phi) is 2.11. The average molecular weight is 174 g/mol. The van der Waals surface area contributed by atoms with Crippen LogP contribution in [0.25, 0.3) is 0 Å². The van der Waals surface area contributed by atoms with Gasteiger partial charge in [-0.3, -0.25) is 0 Å². The van der Waals surface area contributed by atoms with Gasteiger partial charge in [-0.2, -0.15) is 5.26 Å². The summed E-state index contributed by atoms with van der Waals surface area (Å²) in [4.78, 5) is 4.18. The Morgan fingerprint density at radius 3 is 3.15 bits per heavy atom. The largest absolute Gasteiger partial charge is 0.368 e. The van der Waals surface area contributed by atoms with Gasteiger partial charge in [0.05, 0.1) is 0 Å². The highest BCUT2D eigenvalue weighted by molar-refractivity contribution is 5.47. The standard InChI is InChI=1S/C9H10N4/c10-5-8-2-1-7-6-11-3-4-12-9(7)13-8/h1-2,11H,3-4,6H2,(H,12,13). The summed E-state index contributed by atoms with van der Waals surface area (Å²) in [6.45, 7) is 2.61. The van der Waals surface area contributed by atoms with E-state index in [9.17, 15) is 0 Å². The lowest BCUT2D eigenvalue weighted by Crippen LogP contribution is -2.16. The van der Waals surface area contributed by atoms with Crippen LogP contribution in [0.1, 0.15) is 11.3 Å². The lowest BCUT2D eigenvalue weighted by molar-refractivity contribution is 0.725. The molecule has 0 aliphatic carbocycles. The van der Waals surface area contributed by atoms with Gasteiger partial charge in [-0.25, -0.2) is 4.98 Å². The molecule has 0 fully saturated rings. The third kappa shape index (κ3) is 1.60. The Bertz CT molecular complexity index is 353. The van der Waals surface area contributed by atoms with E-state index in [0.717, 1.165) is 31.0 Å². The number of hydrogen-bond donors (Lipinski definition) is 2. The van der Waals surface area contributed by atoms with Crippen LogP contribution in [0.5, 0.6) is 0 Å². The van der Waals surface area contributed by atoms with Gasteiger partial charge < -0.3 is 10.6 Å². The zero-order valence-corrected chi connectivity index (χ0v) is 7.17. The molecule has 0 radical (unpaired) electrons. The molecule has 0 amide bonds. The van der Waals surface area contributed by atoms with E-state index in [2.05, 4.69) is 15.6 Å². The van der Waals surface area contributed by atoms with Gasteiger partial charge in [0.2, 0.25) is 0 Å². The quantitative estimate of drug-likeness (QED) is 0.600. The van der Waals surface area contributed by atoms with Gasteiger partial charge in [-0.1, -0.05) is 6.07 Å². The van der Waals surface area contributed by atoms with Crippen LogP contribution in [0.15, 0.2) is 12.1 Å². The van der Waals surface area contributed by atoms with Crippen LogP contribution in [0.2, 0.25) is 0 Å². The van der Waals surface area contributed by atoms with E-state index < -0.39 is 0 Å². The zero-order valence-electron chi connectivity index (χ0n) is 7.17. The summed E-state index contributed by atoms with van der Waals surface area (Å²) in [5, 5.41) is 15.1. The number of nitrogens with one attached hydrogen (secondary N) is 2. The molecule has 1 aromatic rings. The summed E-state index contributed by atoms with van der Waals surface area (Å²) in [6, 6.07) is 5.71. The lowest BCUT2D eigenvalue weighted by atomic mass is 10.2. The van der Waals surface area contributed by atoms with Gasteiger partial charge in [0.25, 0.3) is 0 Å². The van der Waals surface area contributed by atoms with Crippen molar-refractivity contribution in [3.8, 4) is 6.07 Å². The molecule has 2 rings (SSSR count). The van der Waals surface area contributed by atoms with Gasteiger partial charge in [0, 0.05) is 25.2 Å². The Morgan fingerprint density at radius 1 is 1.38 bits per heavy atom. The molecule has 1 aliphatic heterocycles. The Hall–Kier alpha value is -1.60. The highest BCUT2D eigenvalue weighted by atomic mass is 15.0. The van der Waals surface area contributed by atoms with Crippen molar-refractivity contribution in [2.45, 2.75) is 6.54 Å². The summed E-state index contributed by atoms with van der Waals surface area (Å²) in [5.41, 5.74) is 1.59. The first kappa shape index (κ1) is 8.02. The van der Waals surface area contributed by atoms with E-state index in [1.54, 1.807) is 6.07 Å². The fourth-order valence-electron chi connectivity index (χ4n) is 1.34. The fraction of sp³-hybridized carbons (Fsp3) is 0.333. The first-order valence-corrected chi connectivity index (χ1v) is 4.25. The number of hydrogen-bond acceptors (Lipinski definition) is 4. The monoisotopic (exact) mass is 174 g/mol. The Balaban J connectivity index is 2.39. The van der Waals surface area contributed by atoms with E-state index in [-0.39, 0.29) is 0 Å². The van der Waals surface area contributed by atoms with Crippen LogP contribution in [0, 0.1) is 11.3 Å². The molecule has 0 unspecified atom stereocenters. The predicted octanol–water partition coefficient (Wildman–Crippen LogP) is 0.468. The normalized spacial score (nSPS) is 15.0. The number of fused-ring (bicyclic) bond motifs is 1. The summed E-state index contributed by atoms with van der Waals surface area (Å²) < 4.78 is 0.